The van der Waals surface area contributed by atoms with Gasteiger partial charge in [0.2, 0.25) is 17.7 Å². The number of carbonyl (C=O) groups is 3. The molecule has 0 radical (unpaired) electrons. The fourth-order valence-corrected chi connectivity index (χ4v) is 1.22. The van der Waals surface area contributed by atoms with Gasteiger partial charge in [-0.1, -0.05) is 0 Å². The quantitative estimate of drug-likeness (QED) is 0.467. The van der Waals surface area contributed by atoms with Gasteiger partial charge in [0.1, 0.15) is 0 Å². The minimum absolute atomic E-state index is 0.159. The van der Waals surface area contributed by atoms with Crippen LogP contribution in [0.5, 0.6) is 0 Å². The lowest BCUT2D eigenvalue weighted by Crippen LogP contribution is -2.45. The van der Waals surface area contributed by atoms with Gasteiger partial charge >= 0.3 is 0 Å². The van der Waals surface area contributed by atoms with E-state index in [-0.39, 0.29) is 30.8 Å². The number of primary amides is 1. The molecule has 0 spiro atoms. The highest BCUT2D eigenvalue weighted by atomic mass is 16.2. The zero-order chi connectivity index (χ0) is 14.3. The first-order valence-corrected chi connectivity index (χ1v) is 5.74. The molecule has 0 saturated heterocycles. The lowest BCUT2D eigenvalue weighted by molar-refractivity contribution is -0.126. The van der Waals surface area contributed by atoms with Crippen molar-refractivity contribution >= 4 is 17.7 Å². The van der Waals surface area contributed by atoms with Crippen molar-refractivity contribution in [3.8, 4) is 0 Å². The summed E-state index contributed by atoms with van der Waals surface area (Å²) in [5, 5.41) is 5.23. The molecule has 0 aromatic carbocycles. The number of nitrogens with two attached hydrogens (primary N) is 2. The van der Waals surface area contributed by atoms with Gasteiger partial charge in [-0.05, 0) is 20.8 Å². The van der Waals surface area contributed by atoms with Crippen LogP contribution in [0.25, 0.3) is 0 Å². The third kappa shape index (κ3) is 8.51. The van der Waals surface area contributed by atoms with Gasteiger partial charge in [-0.25, -0.2) is 0 Å². The number of carbonyl (C=O) groups excluding carboxylic acids is 3. The summed E-state index contributed by atoms with van der Waals surface area (Å²) in [6.45, 7) is 5.78. The van der Waals surface area contributed by atoms with Crippen LogP contribution in [0.1, 0.15) is 33.6 Å². The van der Waals surface area contributed by atoms with Crippen molar-refractivity contribution < 1.29 is 14.4 Å². The molecule has 0 saturated carbocycles. The molecule has 1 unspecified atom stereocenters. The van der Waals surface area contributed by atoms with Crippen LogP contribution in [0.3, 0.4) is 0 Å². The lowest BCUT2D eigenvalue weighted by Gasteiger charge is -2.20. The van der Waals surface area contributed by atoms with Gasteiger partial charge in [0.15, 0.2) is 0 Å². The molecule has 18 heavy (non-hydrogen) atoms. The van der Waals surface area contributed by atoms with Gasteiger partial charge in [-0.2, -0.15) is 0 Å². The van der Waals surface area contributed by atoms with Gasteiger partial charge < -0.3 is 22.1 Å². The van der Waals surface area contributed by atoms with E-state index < -0.39 is 17.9 Å². The van der Waals surface area contributed by atoms with Crippen LogP contribution >= 0.6 is 0 Å². The van der Waals surface area contributed by atoms with Gasteiger partial charge in [0, 0.05) is 18.5 Å². The average Bonchev–Trinajstić information content (AvgIpc) is 2.13. The molecule has 7 heteroatoms. The molecule has 0 rings (SSSR count). The molecule has 0 aliphatic carbocycles. The number of hydrogen-bond acceptors (Lipinski definition) is 4. The normalized spacial score (nSPS) is 12.7. The first-order valence-electron chi connectivity index (χ1n) is 5.74. The summed E-state index contributed by atoms with van der Waals surface area (Å²) in [4.78, 5) is 33.3. The highest BCUT2D eigenvalue weighted by Gasteiger charge is 2.17. The largest absolute Gasteiger partial charge is 0.370 e. The van der Waals surface area contributed by atoms with E-state index in [4.69, 9.17) is 11.5 Å². The van der Waals surface area contributed by atoms with Crippen LogP contribution in [0.4, 0.5) is 0 Å². The molecule has 0 aromatic heterocycles. The Kier molecular flexibility index (Phi) is 6.32. The Hall–Kier alpha value is -1.63. The van der Waals surface area contributed by atoms with E-state index in [1.165, 1.54) is 0 Å². The van der Waals surface area contributed by atoms with E-state index in [1.807, 2.05) is 20.8 Å². The van der Waals surface area contributed by atoms with Crippen LogP contribution in [0.2, 0.25) is 0 Å². The van der Waals surface area contributed by atoms with Crippen molar-refractivity contribution in [1.82, 2.24) is 10.6 Å². The third-order valence-corrected chi connectivity index (χ3v) is 1.92. The zero-order valence-electron chi connectivity index (χ0n) is 11.1. The highest BCUT2D eigenvalue weighted by Crippen LogP contribution is 1.98. The Morgan fingerprint density at radius 1 is 1.22 bits per heavy atom. The first-order chi connectivity index (χ1) is 8.11. The number of hydrogen-bond donors (Lipinski definition) is 4. The van der Waals surface area contributed by atoms with Crippen molar-refractivity contribution in [3.05, 3.63) is 0 Å². The van der Waals surface area contributed by atoms with Crippen LogP contribution in [-0.4, -0.2) is 35.8 Å². The standard InChI is InChI=1S/C11H22N4O3/c1-11(2,3)15-9(17)4-5-14-10(18)7(12)6-8(13)16/h7H,4-6,12H2,1-3H3,(H2,13,16)(H,14,18)(H,15,17). The first kappa shape index (κ1) is 16.4. The van der Waals surface area contributed by atoms with E-state index in [2.05, 4.69) is 10.6 Å². The third-order valence-electron chi connectivity index (χ3n) is 1.92. The van der Waals surface area contributed by atoms with Crippen molar-refractivity contribution in [2.24, 2.45) is 11.5 Å². The number of nitrogens with one attached hydrogen (secondary N) is 2. The Morgan fingerprint density at radius 3 is 2.22 bits per heavy atom. The summed E-state index contributed by atoms with van der Waals surface area (Å²) in [7, 11) is 0. The monoisotopic (exact) mass is 258 g/mol. The van der Waals surface area contributed by atoms with E-state index in [9.17, 15) is 14.4 Å². The Labute approximate surface area is 107 Å². The summed E-state index contributed by atoms with van der Waals surface area (Å²) in [5.74, 6) is -1.29. The molecule has 0 aromatic rings. The molecule has 7 nitrogen and oxygen atoms in total. The predicted molar refractivity (Wildman–Crippen MR) is 67.3 cm³/mol. The van der Waals surface area contributed by atoms with Crippen LogP contribution in [0.15, 0.2) is 0 Å². The highest BCUT2D eigenvalue weighted by molar-refractivity contribution is 5.87. The van der Waals surface area contributed by atoms with Crippen molar-refractivity contribution in [2.75, 3.05) is 6.54 Å². The van der Waals surface area contributed by atoms with Crippen LogP contribution in [0, 0.1) is 0 Å². The maximum Gasteiger partial charge on any atom is 0.237 e. The fraction of sp³-hybridized carbons (Fsp3) is 0.727. The molecule has 0 bridgehead atoms. The van der Waals surface area contributed by atoms with Crippen molar-refractivity contribution in [1.29, 1.82) is 0 Å². The molecule has 0 aliphatic rings. The number of amides is 3. The second-order valence-corrected chi connectivity index (χ2v) is 5.12. The molecule has 6 N–H and O–H groups in total. The second-order valence-electron chi connectivity index (χ2n) is 5.12. The van der Waals surface area contributed by atoms with Crippen molar-refractivity contribution in [2.45, 2.75) is 45.2 Å². The van der Waals surface area contributed by atoms with Crippen molar-refractivity contribution in [3.63, 3.8) is 0 Å². The van der Waals surface area contributed by atoms with Gasteiger partial charge in [-0.3, -0.25) is 14.4 Å². The molecular weight excluding hydrogens is 236 g/mol. The van der Waals surface area contributed by atoms with Crippen LogP contribution in [-0.2, 0) is 14.4 Å². The van der Waals surface area contributed by atoms with Gasteiger partial charge in [-0.15, -0.1) is 0 Å². The molecule has 0 fully saturated rings. The summed E-state index contributed by atoms with van der Waals surface area (Å²) >= 11 is 0. The molecule has 0 heterocycles. The second kappa shape index (κ2) is 6.95. The predicted octanol–water partition coefficient (Wildman–Crippen LogP) is -1.39. The topological polar surface area (TPSA) is 127 Å². The summed E-state index contributed by atoms with van der Waals surface area (Å²) in [6, 6.07) is -0.965. The molecular formula is C11H22N4O3. The van der Waals surface area contributed by atoms with Gasteiger partial charge in [0.25, 0.3) is 0 Å². The minimum Gasteiger partial charge on any atom is -0.370 e. The van der Waals surface area contributed by atoms with E-state index in [1.54, 1.807) is 0 Å². The minimum atomic E-state index is -0.965. The molecule has 0 aliphatic heterocycles. The maximum absolute atomic E-state index is 11.4. The lowest BCUT2D eigenvalue weighted by atomic mass is 10.1. The Morgan fingerprint density at radius 2 is 1.78 bits per heavy atom. The van der Waals surface area contributed by atoms with E-state index in [0.717, 1.165) is 0 Å². The van der Waals surface area contributed by atoms with Crippen LogP contribution < -0.4 is 22.1 Å². The Balaban J connectivity index is 3.87. The summed E-state index contributed by atoms with van der Waals surface area (Å²) in [6.07, 6.45) is -0.0493. The molecule has 3 amide bonds. The van der Waals surface area contributed by atoms with Gasteiger partial charge in [0.05, 0.1) is 12.5 Å². The maximum atomic E-state index is 11.4. The number of rotatable bonds is 6. The SMILES string of the molecule is CC(C)(C)NC(=O)CCNC(=O)C(N)CC(N)=O. The fourth-order valence-electron chi connectivity index (χ4n) is 1.22. The molecule has 104 valence electrons. The zero-order valence-corrected chi connectivity index (χ0v) is 11.1. The smallest absolute Gasteiger partial charge is 0.237 e. The van der Waals surface area contributed by atoms with E-state index >= 15 is 0 Å². The average molecular weight is 258 g/mol. The summed E-state index contributed by atoms with van der Waals surface area (Å²) < 4.78 is 0. The molecule has 1 atom stereocenters. The van der Waals surface area contributed by atoms with E-state index in [0.29, 0.717) is 0 Å². The summed E-state index contributed by atoms with van der Waals surface area (Å²) in [5.41, 5.74) is 10.0. The Bertz CT molecular complexity index is 323.